The van der Waals surface area contributed by atoms with E-state index in [1.54, 1.807) is 0 Å². The zero-order valence-electron chi connectivity index (χ0n) is 18.5. The van der Waals surface area contributed by atoms with Gasteiger partial charge in [-0.15, -0.1) is 0 Å². The van der Waals surface area contributed by atoms with Gasteiger partial charge in [-0.05, 0) is 53.4 Å². The predicted octanol–water partition coefficient (Wildman–Crippen LogP) is 4.83. The largest absolute Gasteiger partial charge is 0.494 e. The quantitative estimate of drug-likeness (QED) is 0.567. The number of carbonyl (C=O) groups is 2. The van der Waals surface area contributed by atoms with Crippen LogP contribution in [0.2, 0.25) is 0 Å². The Morgan fingerprint density at radius 3 is 1.50 bits per heavy atom. The molecule has 1 heterocycles. The molecule has 0 saturated carbocycles. The lowest BCUT2D eigenvalue weighted by Gasteiger charge is -2.57. The van der Waals surface area contributed by atoms with Crippen LogP contribution in [0, 0.1) is 11.8 Å². The van der Waals surface area contributed by atoms with Gasteiger partial charge in [0.05, 0.1) is 24.1 Å². The van der Waals surface area contributed by atoms with Gasteiger partial charge in [0.2, 0.25) is 11.8 Å². The maximum atomic E-state index is 14.0. The highest BCUT2D eigenvalue weighted by molar-refractivity contribution is 6.24. The fraction of sp³-hybridized carbons (Fsp3) is 0.286. The first-order valence-electron chi connectivity index (χ1n) is 11.2. The molecule has 160 valence electrons. The molecule has 0 N–H and O–H groups in total. The van der Waals surface area contributed by atoms with E-state index >= 15 is 0 Å². The number of hydrogen-bond donors (Lipinski definition) is 0. The molecule has 3 aromatic carbocycles. The van der Waals surface area contributed by atoms with Gasteiger partial charge in [0, 0.05) is 10.8 Å². The molecule has 4 heteroatoms. The van der Waals surface area contributed by atoms with E-state index < -0.39 is 22.7 Å². The number of carbonyl (C=O) groups excluding carboxylic acids is 2. The van der Waals surface area contributed by atoms with Gasteiger partial charge < -0.3 is 4.74 Å². The van der Waals surface area contributed by atoms with Gasteiger partial charge in [-0.25, -0.2) is 4.90 Å². The van der Waals surface area contributed by atoms with Gasteiger partial charge in [-0.1, -0.05) is 62.4 Å². The lowest BCUT2D eigenvalue weighted by atomic mass is 9.42. The molecular weight excluding hydrogens is 398 g/mol. The molecule has 0 unspecified atom stereocenters. The molecule has 4 nitrogen and oxygen atoms in total. The summed E-state index contributed by atoms with van der Waals surface area (Å²) in [5, 5.41) is 0. The van der Waals surface area contributed by atoms with E-state index in [0.29, 0.717) is 12.3 Å². The van der Waals surface area contributed by atoms with Crippen LogP contribution in [0.4, 0.5) is 5.69 Å². The molecule has 0 radical (unpaired) electrons. The van der Waals surface area contributed by atoms with Crippen molar-refractivity contribution in [1.29, 1.82) is 0 Å². The van der Waals surface area contributed by atoms with E-state index in [1.165, 1.54) is 4.90 Å². The molecule has 1 fully saturated rings. The normalized spacial score (nSPS) is 29.5. The number of hydrogen-bond acceptors (Lipinski definition) is 3. The van der Waals surface area contributed by atoms with E-state index in [-0.39, 0.29) is 11.8 Å². The Kier molecular flexibility index (Phi) is 3.81. The molecule has 2 atom stereocenters. The van der Waals surface area contributed by atoms with Gasteiger partial charge in [0.25, 0.3) is 0 Å². The first-order chi connectivity index (χ1) is 15.4. The molecule has 1 saturated heterocycles. The number of rotatable bonds is 3. The summed E-state index contributed by atoms with van der Waals surface area (Å²) in [7, 11) is 0. The fourth-order valence-corrected chi connectivity index (χ4v) is 6.68. The first-order valence-corrected chi connectivity index (χ1v) is 11.2. The highest BCUT2D eigenvalue weighted by Crippen LogP contribution is 2.66. The van der Waals surface area contributed by atoms with E-state index in [4.69, 9.17) is 4.74 Å². The standard InChI is InChI=1S/C28H25NO3/c1-4-32-18-15-13-17(14-16-18)29-25(30)23-24(26(29)31)28(3)21-11-7-5-9-19(21)27(23,2)20-10-6-8-12-22(20)28/h5-16,23-24H,4H2,1-3H3/t23-,24-,27?,28?/m1/s1. The van der Waals surface area contributed by atoms with Gasteiger partial charge in [0.1, 0.15) is 5.75 Å². The second-order valence-electron chi connectivity index (χ2n) is 9.39. The average molecular weight is 424 g/mol. The highest BCUT2D eigenvalue weighted by atomic mass is 16.5. The molecule has 1 aliphatic heterocycles. The molecule has 7 rings (SSSR count). The van der Waals surface area contributed by atoms with Crippen LogP contribution in [0.15, 0.2) is 72.8 Å². The molecule has 2 amide bonds. The van der Waals surface area contributed by atoms with Crippen LogP contribution in [0.1, 0.15) is 43.0 Å². The molecule has 2 bridgehead atoms. The van der Waals surface area contributed by atoms with E-state index in [2.05, 4.69) is 38.1 Å². The molecule has 32 heavy (non-hydrogen) atoms. The van der Waals surface area contributed by atoms with Gasteiger partial charge in [-0.2, -0.15) is 0 Å². The van der Waals surface area contributed by atoms with Crippen molar-refractivity contribution in [3.63, 3.8) is 0 Å². The van der Waals surface area contributed by atoms with Crippen molar-refractivity contribution in [3.8, 4) is 5.75 Å². The maximum Gasteiger partial charge on any atom is 0.238 e. The van der Waals surface area contributed by atoms with Crippen molar-refractivity contribution >= 4 is 17.5 Å². The molecule has 0 spiro atoms. The zero-order valence-corrected chi connectivity index (χ0v) is 18.5. The average Bonchev–Trinajstić information content (AvgIpc) is 3.09. The Balaban J connectivity index is 1.57. The lowest BCUT2D eigenvalue weighted by Crippen LogP contribution is -2.59. The van der Waals surface area contributed by atoms with Crippen molar-refractivity contribution in [2.45, 2.75) is 31.6 Å². The Morgan fingerprint density at radius 1 is 0.719 bits per heavy atom. The van der Waals surface area contributed by atoms with Crippen molar-refractivity contribution in [1.82, 2.24) is 0 Å². The second-order valence-corrected chi connectivity index (χ2v) is 9.39. The van der Waals surface area contributed by atoms with E-state index in [9.17, 15) is 9.59 Å². The lowest BCUT2D eigenvalue weighted by molar-refractivity contribution is -0.124. The summed E-state index contributed by atoms with van der Waals surface area (Å²) in [4.78, 5) is 29.4. The van der Waals surface area contributed by atoms with Crippen molar-refractivity contribution in [2.75, 3.05) is 11.5 Å². The Labute approximate surface area is 187 Å². The summed E-state index contributed by atoms with van der Waals surface area (Å²) in [6.45, 7) is 6.79. The third kappa shape index (κ3) is 2.08. The van der Waals surface area contributed by atoms with Crippen LogP contribution >= 0.6 is 0 Å². The van der Waals surface area contributed by atoms with Gasteiger partial charge >= 0.3 is 0 Å². The number of benzene rings is 3. The minimum absolute atomic E-state index is 0.109. The maximum absolute atomic E-state index is 14.0. The van der Waals surface area contributed by atoms with Crippen LogP contribution in [-0.4, -0.2) is 18.4 Å². The van der Waals surface area contributed by atoms with Crippen LogP contribution in [0.5, 0.6) is 5.75 Å². The third-order valence-electron chi connectivity index (χ3n) is 8.05. The highest BCUT2D eigenvalue weighted by Gasteiger charge is 2.70. The minimum Gasteiger partial charge on any atom is -0.494 e. The molecular formula is C28H25NO3. The second kappa shape index (κ2) is 6.32. The predicted molar refractivity (Wildman–Crippen MR) is 123 cm³/mol. The Morgan fingerprint density at radius 2 is 1.12 bits per heavy atom. The number of imide groups is 1. The molecule has 3 aliphatic carbocycles. The Bertz CT molecular complexity index is 1150. The minimum atomic E-state index is -0.553. The van der Waals surface area contributed by atoms with Crippen molar-refractivity contribution < 1.29 is 14.3 Å². The number of amides is 2. The molecule has 0 aromatic heterocycles. The summed E-state index contributed by atoms with van der Waals surface area (Å²) in [6.07, 6.45) is 0. The topological polar surface area (TPSA) is 46.6 Å². The summed E-state index contributed by atoms with van der Waals surface area (Å²) in [5.74, 6) is -0.358. The number of ether oxygens (including phenoxy) is 1. The van der Waals surface area contributed by atoms with Gasteiger partial charge in [0.15, 0.2) is 0 Å². The third-order valence-corrected chi connectivity index (χ3v) is 8.05. The zero-order chi connectivity index (χ0) is 22.3. The van der Waals surface area contributed by atoms with Crippen molar-refractivity contribution in [3.05, 3.63) is 95.1 Å². The smallest absolute Gasteiger partial charge is 0.238 e. The fourth-order valence-electron chi connectivity index (χ4n) is 6.68. The molecule has 3 aromatic rings. The summed E-state index contributed by atoms with van der Waals surface area (Å²) in [6, 6.07) is 24.0. The first kappa shape index (κ1) is 19.3. The van der Waals surface area contributed by atoms with E-state index in [0.717, 1.165) is 28.0 Å². The van der Waals surface area contributed by atoms with Gasteiger partial charge in [-0.3, -0.25) is 9.59 Å². The summed E-state index contributed by atoms with van der Waals surface area (Å²) < 4.78 is 5.54. The summed E-state index contributed by atoms with van der Waals surface area (Å²) >= 11 is 0. The Hall–Kier alpha value is -3.40. The van der Waals surface area contributed by atoms with Crippen LogP contribution in [0.3, 0.4) is 0 Å². The van der Waals surface area contributed by atoms with Crippen LogP contribution in [-0.2, 0) is 20.4 Å². The van der Waals surface area contributed by atoms with Crippen LogP contribution in [0.25, 0.3) is 0 Å². The van der Waals surface area contributed by atoms with Crippen molar-refractivity contribution in [2.24, 2.45) is 11.8 Å². The number of anilines is 1. The van der Waals surface area contributed by atoms with Crippen LogP contribution < -0.4 is 9.64 Å². The number of nitrogens with zero attached hydrogens (tertiary/aromatic N) is 1. The SMILES string of the molecule is CCOc1ccc(N2C(=O)[C@H]3[C@H](C2=O)C2(C)c4ccccc4C3(C)c3ccccc32)cc1. The molecule has 4 aliphatic rings. The summed E-state index contributed by atoms with van der Waals surface area (Å²) in [5.41, 5.74) is 4.16. The van der Waals surface area contributed by atoms with E-state index in [1.807, 2.05) is 55.5 Å². The monoisotopic (exact) mass is 423 g/mol.